The van der Waals surface area contributed by atoms with Gasteiger partial charge in [-0.1, -0.05) is 50.2 Å². The minimum atomic E-state index is 0.301. The van der Waals surface area contributed by atoms with E-state index in [-0.39, 0.29) is 0 Å². The number of benzene rings is 1. The molecule has 0 radical (unpaired) electrons. The van der Waals surface area contributed by atoms with Crippen molar-refractivity contribution in [3.63, 3.8) is 0 Å². The highest BCUT2D eigenvalue weighted by Crippen LogP contribution is 2.21. The molecule has 2 N–H and O–H groups in total. The van der Waals surface area contributed by atoms with Crippen molar-refractivity contribution in [3.05, 3.63) is 77.9 Å². The largest absolute Gasteiger partial charge is 0.363 e. The lowest BCUT2D eigenvalue weighted by molar-refractivity contribution is 0.751. The Hall–Kier alpha value is -3.48. The molecule has 142 valence electrons. The third kappa shape index (κ3) is 3.93. The van der Waals surface area contributed by atoms with E-state index in [1.807, 2.05) is 47.1 Å². The van der Waals surface area contributed by atoms with Crippen molar-refractivity contribution in [2.75, 3.05) is 10.6 Å². The van der Waals surface area contributed by atoms with Crippen molar-refractivity contribution < 1.29 is 0 Å². The summed E-state index contributed by atoms with van der Waals surface area (Å²) in [6, 6.07) is 16.1. The minimum Gasteiger partial charge on any atom is -0.363 e. The number of nitrogens with zero attached hydrogens (tertiary/aromatic N) is 5. The molecule has 0 fully saturated rings. The van der Waals surface area contributed by atoms with Gasteiger partial charge < -0.3 is 10.6 Å². The van der Waals surface area contributed by atoms with E-state index in [9.17, 15) is 0 Å². The Bertz CT molecular complexity index is 1040. The number of nitrogens with one attached hydrogen (secondary N) is 2. The number of hydrogen-bond donors (Lipinski definition) is 2. The van der Waals surface area contributed by atoms with E-state index in [1.54, 1.807) is 6.20 Å². The van der Waals surface area contributed by atoms with Crippen molar-refractivity contribution in [3.8, 4) is 0 Å². The summed E-state index contributed by atoms with van der Waals surface area (Å²) in [5.74, 6) is 1.54. The first-order valence-corrected chi connectivity index (χ1v) is 9.38. The molecule has 0 aliphatic heterocycles. The molecule has 0 unspecified atom stereocenters. The lowest BCUT2D eigenvalue weighted by Gasteiger charge is -2.12. The summed E-state index contributed by atoms with van der Waals surface area (Å²) in [5, 5.41) is 11.3. The molecule has 0 saturated heterocycles. The van der Waals surface area contributed by atoms with E-state index in [0.717, 1.165) is 17.0 Å². The number of anilines is 2. The fraction of sp³-hybridized carbons (Fsp3) is 0.238. The number of imidazole rings is 1. The number of aromatic nitrogens is 5. The van der Waals surface area contributed by atoms with E-state index < -0.39 is 0 Å². The van der Waals surface area contributed by atoms with Gasteiger partial charge in [0.25, 0.3) is 0 Å². The van der Waals surface area contributed by atoms with Gasteiger partial charge in [-0.15, -0.1) is 5.10 Å². The molecule has 4 aromatic rings. The summed E-state index contributed by atoms with van der Waals surface area (Å²) in [5.41, 5.74) is 3.88. The number of pyridine rings is 1. The van der Waals surface area contributed by atoms with Crippen LogP contribution in [0.3, 0.4) is 0 Å². The smallest absolute Gasteiger partial charge is 0.243 e. The van der Waals surface area contributed by atoms with Gasteiger partial charge in [0.2, 0.25) is 5.95 Å². The van der Waals surface area contributed by atoms with Crippen LogP contribution in [0.25, 0.3) is 5.65 Å². The molecule has 0 saturated carbocycles. The first-order chi connectivity index (χ1) is 13.7. The van der Waals surface area contributed by atoms with Gasteiger partial charge in [0, 0.05) is 12.7 Å². The zero-order valence-corrected chi connectivity index (χ0v) is 16.0. The summed E-state index contributed by atoms with van der Waals surface area (Å²) < 4.78 is 1.87. The van der Waals surface area contributed by atoms with Crippen LogP contribution in [0.15, 0.2) is 60.9 Å². The van der Waals surface area contributed by atoms with Crippen LogP contribution in [-0.4, -0.2) is 24.6 Å². The van der Waals surface area contributed by atoms with Crippen molar-refractivity contribution >= 4 is 17.4 Å². The van der Waals surface area contributed by atoms with Crippen LogP contribution in [0.4, 0.5) is 11.8 Å². The standard InChI is InChI=1S/C21H23N7/c1-15(2)18-14-24-20-19(23-12-16-8-4-3-5-9-16)26-21(27-28(18)20)25-13-17-10-6-7-11-22-17/h3-11,14-15H,12-13H2,1-2H3,(H2,23,25,26,27). The van der Waals surface area contributed by atoms with Crippen LogP contribution in [-0.2, 0) is 13.1 Å². The maximum absolute atomic E-state index is 4.66. The van der Waals surface area contributed by atoms with Crippen molar-refractivity contribution in [2.24, 2.45) is 0 Å². The normalized spacial score (nSPS) is 11.1. The Morgan fingerprint density at radius 2 is 1.75 bits per heavy atom. The van der Waals surface area contributed by atoms with E-state index in [1.165, 1.54) is 5.56 Å². The first-order valence-electron chi connectivity index (χ1n) is 9.38. The molecule has 3 heterocycles. The maximum Gasteiger partial charge on any atom is 0.243 e. The molecule has 0 atom stereocenters. The lowest BCUT2D eigenvalue weighted by Crippen LogP contribution is -2.12. The van der Waals surface area contributed by atoms with Gasteiger partial charge in [-0.05, 0) is 23.6 Å². The molecular formula is C21H23N7. The molecule has 7 heteroatoms. The van der Waals surface area contributed by atoms with Gasteiger partial charge in [0.1, 0.15) is 0 Å². The van der Waals surface area contributed by atoms with Crippen LogP contribution in [0.5, 0.6) is 0 Å². The van der Waals surface area contributed by atoms with Crippen LogP contribution in [0.1, 0.15) is 36.7 Å². The number of fused-ring (bicyclic) bond motifs is 1. The van der Waals surface area contributed by atoms with Crippen molar-refractivity contribution in [2.45, 2.75) is 32.9 Å². The Kier molecular flexibility index (Phi) is 5.14. The Morgan fingerprint density at radius 3 is 2.50 bits per heavy atom. The second-order valence-corrected chi connectivity index (χ2v) is 6.87. The highest BCUT2D eigenvalue weighted by atomic mass is 15.4. The number of hydrogen-bond acceptors (Lipinski definition) is 6. The zero-order chi connectivity index (χ0) is 19.3. The van der Waals surface area contributed by atoms with E-state index in [0.29, 0.717) is 30.8 Å². The average Bonchev–Trinajstić information content (AvgIpc) is 3.16. The summed E-state index contributed by atoms with van der Waals surface area (Å²) in [7, 11) is 0. The van der Waals surface area contributed by atoms with Crippen LogP contribution in [0.2, 0.25) is 0 Å². The predicted molar refractivity (Wildman–Crippen MR) is 110 cm³/mol. The van der Waals surface area contributed by atoms with Crippen LogP contribution < -0.4 is 10.6 Å². The monoisotopic (exact) mass is 373 g/mol. The summed E-state index contributed by atoms with van der Waals surface area (Å²) >= 11 is 0. The second kappa shape index (κ2) is 8.04. The molecule has 0 bridgehead atoms. The van der Waals surface area contributed by atoms with E-state index in [4.69, 9.17) is 0 Å². The van der Waals surface area contributed by atoms with Crippen LogP contribution in [0, 0.1) is 0 Å². The maximum atomic E-state index is 4.66. The molecule has 0 amide bonds. The fourth-order valence-corrected chi connectivity index (χ4v) is 2.94. The number of rotatable bonds is 7. The molecule has 0 aliphatic carbocycles. The first kappa shape index (κ1) is 17.9. The predicted octanol–water partition coefficient (Wildman–Crippen LogP) is 3.87. The molecule has 1 aromatic carbocycles. The minimum absolute atomic E-state index is 0.301. The lowest BCUT2D eigenvalue weighted by atomic mass is 10.2. The van der Waals surface area contributed by atoms with E-state index >= 15 is 0 Å². The summed E-state index contributed by atoms with van der Waals surface area (Å²) in [6.45, 7) is 5.47. The van der Waals surface area contributed by atoms with Gasteiger partial charge in [-0.3, -0.25) is 4.98 Å². The molecule has 4 rings (SSSR count). The topological polar surface area (TPSA) is 80.0 Å². The molecule has 0 spiro atoms. The Labute approximate surface area is 163 Å². The van der Waals surface area contributed by atoms with E-state index in [2.05, 4.69) is 56.7 Å². The molecule has 28 heavy (non-hydrogen) atoms. The summed E-state index contributed by atoms with van der Waals surface area (Å²) in [6.07, 6.45) is 3.64. The Morgan fingerprint density at radius 1 is 0.929 bits per heavy atom. The summed E-state index contributed by atoms with van der Waals surface area (Å²) in [4.78, 5) is 13.5. The van der Waals surface area contributed by atoms with Gasteiger partial charge in [0.15, 0.2) is 11.5 Å². The van der Waals surface area contributed by atoms with Gasteiger partial charge >= 0.3 is 0 Å². The SMILES string of the molecule is CC(C)c1cnc2c(NCc3ccccc3)nc(NCc3ccccn3)nn12. The highest BCUT2D eigenvalue weighted by molar-refractivity contribution is 5.64. The quantitative estimate of drug-likeness (QED) is 0.512. The average molecular weight is 373 g/mol. The third-order valence-electron chi connectivity index (χ3n) is 4.44. The van der Waals surface area contributed by atoms with Crippen molar-refractivity contribution in [1.29, 1.82) is 0 Å². The van der Waals surface area contributed by atoms with Crippen molar-refractivity contribution in [1.82, 2.24) is 24.6 Å². The highest BCUT2D eigenvalue weighted by Gasteiger charge is 2.15. The second-order valence-electron chi connectivity index (χ2n) is 6.87. The van der Waals surface area contributed by atoms with Gasteiger partial charge in [-0.2, -0.15) is 4.98 Å². The fourth-order valence-electron chi connectivity index (χ4n) is 2.94. The molecule has 0 aliphatic rings. The molecular weight excluding hydrogens is 350 g/mol. The molecule has 3 aromatic heterocycles. The molecule has 7 nitrogen and oxygen atoms in total. The Balaban J connectivity index is 1.64. The van der Waals surface area contributed by atoms with Crippen LogP contribution >= 0.6 is 0 Å². The third-order valence-corrected chi connectivity index (χ3v) is 4.44. The van der Waals surface area contributed by atoms with Gasteiger partial charge in [0.05, 0.1) is 24.1 Å². The zero-order valence-electron chi connectivity index (χ0n) is 16.0. The van der Waals surface area contributed by atoms with Gasteiger partial charge in [-0.25, -0.2) is 9.50 Å².